The summed E-state index contributed by atoms with van der Waals surface area (Å²) in [6.45, 7) is 4.25. The number of carboxylic acids is 1. The molecular formula is C17H22N2O4S. The molecule has 0 aliphatic heterocycles. The highest BCUT2D eigenvalue weighted by Gasteiger charge is 2.31. The average molecular weight is 350 g/mol. The quantitative estimate of drug-likeness (QED) is 0.827. The molecule has 0 radical (unpaired) electrons. The number of methoxy groups -OCH3 is 2. The van der Waals surface area contributed by atoms with E-state index in [0.717, 1.165) is 16.3 Å². The van der Waals surface area contributed by atoms with Gasteiger partial charge in [0.05, 0.1) is 30.5 Å². The third kappa shape index (κ3) is 3.85. The number of aryl methyl sites for hydroxylation is 2. The SMILES string of the molecule is COc1cc(C)cc(OC)c1C(C(=O)O)N(C)Cc1csc(C)n1. The smallest absolute Gasteiger partial charge is 0.325 e. The van der Waals surface area contributed by atoms with Crippen molar-refractivity contribution in [3.8, 4) is 11.5 Å². The topological polar surface area (TPSA) is 71.9 Å². The van der Waals surface area contributed by atoms with Crippen LogP contribution in [0.4, 0.5) is 0 Å². The van der Waals surface area contributed by atoms with Crippen LogP contribution in [-0.2, 0) is 11.3 Å². The summed E-state index contributed by atoms with van der Waals surface area (Å²) in [5, 5.41) is 12.7. The fourth-order valence-corrected chi connectivity index (χ4v) is 3.30. The number of nitrogens with zero attached hydrogens (tertiary/aromatic N) is 2. The molecule has 2 rings (SSSR count). The maximum atomic E-state index is 12.0. The van der Waals surface area contributed by atoms with Crippen molar-refractivity contribution in [1.82, 2.24) is 9.88 Å². The molecule has 2 aromatic rings. The fraction of sp³-hybridized carbons (Fsp3) is 0.412. The summed E-state index contributed by atoms with van der Waals surface area (Å²) in [6, 6.07) is 2.72. The highest BCUT2D eigenvalue weighted by Crippen LogP contribution is 2.38. The van der Waals surface area contributed by atoms with Gasteiger partial charge in [0.25, 0.3) is 0 Å². The van der Waals surface area contributed by atoms with E-state index in [1.54, 1.807) is 23.3 Å². The summed E-state index contributed by atoms with van der Waals surface area (Å²) in [6.07, 6.45) is 0. The van der Waals surface area contributed by atoms with Gasteiger partial charge in [0.15, 0.2) is 0 Å². The summed E-state index contributed by atoms with van der Waals surface area (Å²) < 4.78 is 10.8. The van der Waals surface area contributed by atoms with Gasteiger partial charge < -0.3 is 14.6 Å². The van der Waals surface area contributed by atoms with Crippen molar-refractivity contribution in [2.75, 3.05) is 21.3 Å². The van der Waals surface area contributed by atoms with Crippen LogP contribution in [0.1, 0.15) is 27.9 Å². The minimum Gasteiger partial charge on any atom is -0.496 e. The first-order chi connectivity index (χ1) is 11.4. The second kappa shape index (κ2) is 7.63. The van der Waals surface area contributed by atoms with Crippen molar-refractivity contribution in [3.05, 3.63) is 39.3 Å². The van der Waals surface area contributed by atoms with Gasteiger partial charge in [0, 0.05) is 11.9 Å². The molecule has 6 nitrogen and oxygen atoms in total. The van der Waals surface area contributed by atoms with E-state index in [1.807, 2.05) is 31.4 Å². The van der Waals surface area contributed by atoms with Crippen LogP contribution in [0.5, 0.6) is 11.5 Å². The van der Waals surface area contributed by atoms with Crippen LogP contribution in [0.15, 0.2) is 17.5 Å². The number of hydrogen-bond donors (Lipinski definition) is 1. The lowest BCUT2D eigenvalue weighted by atomic mass is 10.0. The molecule has 0 amide bonds. The molecule has 24 heavy (non-hydrogen) atoms. The molecule has 1 heterocycles. The Morgan fingerprint density at radius 3 is 2.29 bits per heavy atom. The van der Waals surface area contributed by atoms with E-state index < -0.39 is 12.0 Å². The van der Waals surface area contributed by atoms with Gasteiger partial charge in [-0.3, -0.25) is 9.69 Å². The van der Waals surface area contributed by atoms with Gasteiger partial charge in [0.2, 0.25) is 0 Å². The Labute approximate surface area is 145 Å². The summed E-state index contributed by atoms with van der Waals surface area (Å²) in [4.78, 5) is 18.1. The third-order valence-electron chi connectivity index (χ3n) is 3.71. The molecule has 1 unspecified atom stereocenters. The Kier molecular flexibility index (Phi) is 5.80. The van der Waals surface area contributed by atoms with Gasteiger partial charge in [-0.15, -0.1) is 11.3 Å². The van der Waals surface area contributed by atoms with Gasteiger partial charge in [-0.1, -0.05) is 0 Å². The Balaban J connectivity index is 2.45. The van der Waals surface area contributed by atoms with Crippen molar-refractivity contribution in [2.24, 2.45) is 0 Å². The molecule has 1 aromatic carbocycles. The largest absolute Gasteiger partial charge is 0.496 e. The predicted octanol–water partition coefficient (Wildman–Crippen LogP) is 3.03. The number of benzene rings is 1. The maximum Gasteiger partial charge on any atom is 0.325 e. The number of likely N-dealkylation sites (N-methyl/N-ethyl adjacent to an activating group) is 1. The highest BCUT2D eigenvalue weighted by molar-refractivity contribution is 7.09. The zero-order chi connectivity index (χ0) is 17.9. The highest BCUT2D eigenvalue weighted by atomic mass is 32.1. The van der Waals surface area contributed by atoms with E-state index in [0.29, 0.717) is 23.6 Å². The van der Waals surface area contributed by atoms with E-state index in [9.17, 15) is 9.90 Å². The summed E-state index contributed by atoms with van der Waals surface area (Å²) >= 11 is 1.54. The number of hydrogen-bond acceptors (Lipinski definition) is 6. The summed E-state index contributed by atoms with van der Waals surface area (Å²) in [7, 11) is 4.81. The molecule has 0 aliphatic carbocycles. The van der Waals surface area contributed by atoms with E-state index >= 15 is 0 Å². The molecule has 0 saturated carbocycles. The normalized spacial score (nSPS) is 12.2. The molecule has 0 saturated heterocycles. The third-order valence-corrected chi connectivity index (χ3v) is 4.54. The number of aromatic nitrogens is 1. The van der Waals surface area contributed by atoms with Gasteiger partial charge in [-0.05, 0) is 38.6 Å². The van der Waals surface area contributed by atoms with Crippen molar-refractivity contribution in [3.63, 3.8) is 0 Å². The Morgan fingerprint density at radius 2 is 1.88 bits per heavy atom. The second-order valence-corrected chi connectivity index (χ2v) is 6.66. The first kappa shape index (κ1) is 18.2. The minimum absolute atomic E-state index is 0.418. The van der Waals surface area contributed by atoms with E-state index in [1.165, 1.54) is 14.2 Å². The molecule has 7 heteroatoms. The number of thiazole rings is 1. The monoisotopic (exact) mass is 350 g/mol. The van der Waals surface area contributed by atoms with Gasteiger partial charge >= 0.3 is 5.97 Å². The second-order valence-electron chi connectivity index (χ2n) is 5.60. The molecule has 0 aliphatic rings. The summed E-state index contributed by atoms with van der Waals surface area (Å²) in [5.74, 6) is 0.0334. The number of carbonyl (C=O) groups is 1. The molecular weight excluding hydrogens is 328 g/mol. The molecule has 130 valence electrons. The molecule has 1 atom stereocenters. The van der Waals surface area contributed by atoms with Crippen LogP contribution in [0, 0.1) is 13.8 Å². The van der Waals surface area contributed by atoms with Crippen molar-refractivity contribution >= 4 is 17.3 Å². The molecule has 1 aromatic heterocycles. The molecule has 0 spiro atoms. The van der Waals surface area contributed by atoms with Crippen LogP contribution in [0.25, 0.3) is 0 Å². The zero-order valence-corrected chi connectivity index (χ0v) is 15.3. The van der Waals surface area contributed by atoms with Gasteiger partial charge in [0.1, 0.15) is 17.5 Å². The number of aliphatic carboxylic acids is 1. The maximum absolute atomic E-state index is 12.0. The first-order valence-corrected chi connectivity index (χ1v) is 8.32. The Morgan fingerprint density at radius 1 is 1.29 bits per heavy atom. The Bertz CT molecular complexity index is 704. The van der Waals surface area contributed by atoms with Crippen LogP contribution in [-0.4, -0.2) is 42.2 Å². The molecule has 1 N–H and O–H groups in total. The van der Waals surface area contributed by atoms with E-state index in [4.69, 9.17) is 9.47 Å². The number of ether oxygens (including phenoxy) is 2. The van der Waals surface area contributed by atoms with Crippen LogP contribution >= 0.6 is 11.3 Å². The van der Waals surface area contributed by atoms with Crippen LogP contribution in [0.2, 0.25) is 0 Å². The lowest BCUT2D eigenvalue weighted by Gasteiger charge is -2.27. The van der Waals surface area contributed by atoms with Gasteiger partial charge in [-0.2, -0.15) is 0 Å². The number of carboxylic acid groups (broad SMARTS) is 1. The first-order valence-electron chi connectivity index (χ1n) is 7.44. The lowest BCUT2D eigenvalue weighted by Crippen LogP contribution is -2.31. The van der Waals surface area contributed by atoms with Gasteiger partial charge in [-0.25, -0.2) is 4.98 Å². The average Bonchev–Trinajstić information content (AvgIpc) is 2.92. The van der Waals surface area contributed by atoms with Crippen molar-refractivity contribution < 1.29 is 19.4 Å². The standard InChI is InChI=1S/C17H22N2O4S/c1-10-6-13(22-4)15(14(7-10)23-5)16(17(20)21)19(3)8-12-9-24-11(2)18-12/h6-7,9,16H,8H2,1-5H3,(H,20,21). The van der Waals surface area contributed by atoms with E-state index in [-0.39, 0.29) is 0 Å². The lowest BCUT2D eigenvalue weighted by molar-refractivity contribution is -0.143. The van der Waals surface area contributed by atoms with Crippen molar-refractivity contribution in [2.45, 2.75) is 26.4 Å². The molecule has 0 bridgehead atoms. The predicted molar refractivity (Wildman–Crippen MR) is 93.0 cm³/mol. The fourth-order valence-electron chi connectivity index (χ4n) is 2.70. The molecule has 0 fully saturated rings. The minimum atomic E-state index is -0.968. The van der Waals surface area contributed by atoms with Crippen LogP contribution in [0.3, 0.4) is 0 Å². The Hall–Kier alpha value is -2.12. The summed E-state index contributed by atoms with van der Waals surface area (Å²) in [5.41, 5.74) is 2.29. The van der Waals surface area contributed by atoms with Crippen LogP contribution < -0.4 is 9.47 Å². The number of rotatable bonds is 7. The van der Waals surface area contributed by atoms with E-state index in [2.05, 4.69) is 4.98 Å². The van der Waals surface area contributed by atoms with Crippen molar-refractivity contribution in [1.29, 1.82) is 0 Å². The zero-order valence-electron chi connectivity index (χ0n) is 14.5.